The van der Waals surface area contributed by atoms with E-state index in [1.54, 1.807) is 12.4 Å². The molecular weight excluding hydrogens is 304 g/mol. The Bertz CT molecular complexity index is 477. The number of hydrogen-bond acceptors (Lipinski definition) is 2. The zero-order valence-electron chi connectivity index (χ0n) is 11.0. The SMILES string of the molecule is O=C(c1cncc(Br)c1)N1CC[C@@H]2CCCC[C@H]2C1. The van der Waals surface area contributed by atoms with Crippen LogP contribution in [0.15, 0.2) is 22.9 Å². The molecule has 0 aromatic carbocycles. The Morgan fingerprint density at radius 3 is 2.79 bits per heavy atom. The highest BCUT2D eigenvalue weighted by atomic mass is 79.9. The average molecular weight is 323 g/mol. The monoisotopic (exact) mass is 322 g/mol. The summed E-state index contributed by atoms with van der Waals surface area (Å²) < 4.78 is 0.867. The fourth-order valence-corrected chi connectivity index (χ4v) is 3.86. The van der Waals surface area contributed by atoms with Gasteiger partial charge in [-0.2, -0.15) is 0 Å². The van der Waals surface area contributed by atoms with Gasteiger partial charge >= 0.3 is 0 Å². The number of nitrogens with zero attached hydrogens (tertiary/aromatic N) is 2. The molecule has 19 heavy (non-hydrogen) atoms. The number of fused-ring (bicyclic) bond motifs is 1. The highest BCUT2D eigenvalue weighted by Gasteiger charge is 2.33. The van der Waals surface area contributed by atoms with Crippen LogP contribution in [0.4, 0.5) is 0 Å². The first-order chi connectivity index (χ1) is 9.24. The fourth-order valence-electron chi connectivity index (χ4n) is 3.50. The zero-order chi connectivity index (χ0) is 13.2. The van der Waals surface area contributed by atoms with Crippen molar-refractivity contribution in [3.63, 3.8) is 0 Å². The molecule has 1 aliphatic carbocycles. The summed E-state index contributed by atoms with van der Waals surface area (Å²) >= 11 is 3.38. The van der Waals surface area contributed by atoms with Crippen LogP contribution in [0.1, 0.15) is 42.5 Å². The molecule has 1 aromatic rings. The van der Waals surface area contributed by atoms with E-state index in [-0.39, 0.29) is 5.91 Å². The van der Waals surface area contributed by atoms with Crippen LogP contribution < -0.4 is 0 Å². The first kappa shape index (κ1) is 13.1. The molecule has 0 radical (unpaired) electrons. The van der Waals surface area contributed by atoms with Crippen LogP contribution in [0.25, 0.3) is 0 Å². The van der Waals surface area contributed by atoms with E-state index >= 15 is 0 Å². The molecule has 3 rings (SSSR count). The zero-order valence-corrected chi connectivity index (χ0v) is 12.6. The first-order valence-electron chi connectivity index (χ1n) is 7.14. The molecule has 1 aliphatic heterocycles. The Labute approximate surface area is 122 Å². The molecule has 2 heterocycles. The van der Waals surface area contributed by atoms with Crippen molar-refractivity contribution in [2.24, 2.45) is 11.8 Å². The van der Waals surface area contributed by atoms with E-state index in [0.717, 1.165) is 29.4 Å². The van der Waals surface area contributed by atoms with Crippen LogP contribution in [-0.2, 0) is 0 Å². The molecule has 1 aromatic heterocycles. The number of piperidine rings is 1. The summed E-state index contributed by atoms with van der Waals surface area (Å²) in [6.07, 6.45) is 9.94. The lowest BCUT2D eigenvalue weighted by Gasteiger charge is -2.41. The van der Waals surface area contributed by atoms with E-state index in [1.807, 2.05) is 11.0 Å². The van der Waals surface area contributed by atoms with Crippen LogP contribution >= 0.6 is 15.9 Å². The summed E-state index contributed by atoms with van der Waals surface area (Å²) in [6, 6.07) is 1.86. The highest BCUT2D eigenvalue weighted by Crippen LogP contribution is 2.36. The van der Waals surface area contributed by atoms with E-state index < -0.39 is 0 Å². The molecule has 3 nitrogen and oxygen atoms in total. The highest BCUT2D eigenvalue weighted by molar-refractivity contribution is 9.10. The third kappa shape index (κ3) is 2.83. The summed E-state index contributed by atoms with van der Waals surface area (Å²) in [5.74, 6) is 1.72. The van der Waals surface area contributed by atoms with E-state index in [4.69, 9.17) is 0 Å². The van der Waals surface area contributed by atoms with E-state index in [1.165, 1.54) is 32.1 Å². The minimum Gasteiger partial charge on any atom is -0.338 e. The Balaban J connectivity index is 1.71. The number of likely N-dealkylation sites (tertiary alicyclic amines) is 1. The predicted molar refractivity (Wildman–Crippen MR) is 77.9 cm³/mol. The van der Waals surface area contributed by atoms with Gasteiger partial charge in [0.05, 0.1) is 5.56 Å². The van der Waals surface area contributed by atoms with Crippen molar-refractivity contribution in [2.45, 2.75) is 32.1 Å². The van der Waals surface area contributed by atoms with Gasteiger partial charge in [-0.1, -0.05) is 19.3 Å². The molecule has 1 saturated carbocycles. The van der Waals surface area contributed by atoms with Crippen LogP contribution in [0.5, 0.6) is 0 Å². The third-order valence-electron chi connectivity index (χ3n) is 4.53. The minimum absolute atomic E-state index is 0.137. The van der Waals surface area contributed by atoms with Crippen molar-refractivity contribution in [3.8, 4) is 0 Å². The normalized spacial score (nSPS) is 26.9. The summed E-state index contributed by atoms with van der Waals surface area (Å²) in [7, 11) is 0. The molecule has 0 unspecified atom stereocenters. The molecular formula is C15H19BrN2O. The van der Waals surface area contributed by atoms with Gasteiger partial charge in [-0.05, 0) is 46.7 Å². The minimum atomic E-state index is 0.137. The van der Waals surface area contributed by atoms with Crippen molar-refractivity contribution in [3.05, 3.63) is 28.5 Å². The van der Waals surface area contributed by atoms with Crippen LogP contribution in [0.2, 0.25) is 0 Å². The van der Waals surface area contributed by atoms with Crippen molar-refractivity contribution >= 4 is 21.8 Å². The first-order valence-corrected chi connectivity index (χ1v) is 7.93. The Morgan fingerprint density at radius 2 is 2.00 bits per heavy atom. The summed E-state index contributed by atoms with van der Waals surface area (Å²) in [5.41, 5.74) is 0.698. The van der Waals surface area contributed by atoms with E-state index in [2.05, 4.69) is 20.9 Å². The van der Waals surface area contributed by atoms with Crippen molar-refractivity contribution in [2.75, 3.05) is 13.1 Å². The quantitative estimate of drug-likeness (QED) is 0.792. The smallest absolute Gasteiger partial charge is 0.255 e. The topological polar surface area (TPSA) is 33.2 Å². The number of pyridine rings is 1. The second kappa shape index (κ2) is 5.61. The molecule has 0 bridgehead atoms. The van der Waals surface area contributed by atoms with Gasteiger partial charge in [-0.15, -0.1) is 0 Å². The summed E-state index contributed by atoms with van der Waals surface area (Å²) in [4.78, 5) is 18.6. The molecule has 102 valence electrons. The number of carbonyl (C=O) groups excluding carboxylic acids is 1. The van der Waals surface area contributed by atoms with Gasteiger partial charge < -0.3 is 4.90 Å². The molecule has 0 N–H and O–H groups in total. The van der Waals surface area contributed by atoms with Gasteiger partial charge in [0, 0.05) is 30.0 Å². The standard InChI is InChI=1S/C15H19BrN2O/c16-14-7-13(8-17-9-14)15(19)18-6-5-11-3-1-2-4-12(11)10-18/h7-9,11-12H,1-6,10H2/t11-,12-/m0/s1. The maximum absolute atomic E-state index is 12.5. The van der Waals surface area contributed by atoms with Crippen molar-refractivity contribution in [1.29, 1.82) is 0 Å². The lowest BCUT2D eigenvalue weighted by atomic mass is 9.75. The molecule has 1 saturated heterocycles. The number of aromatic nitrogens is 1. The van der Waals surface area contributed by atoms with Crippen LogP contribution in [-0.4, -0.2) is 28.9 Å². The Kier molecular flexibility index (Phi) is 3.87. The van der Waals surface area contributed by atoms with Gasteiger partial charge in [-0.25, -0.2) is 0 Å². The van der Waals surface area contributed by atoms with E-state index in [0.29, 0.717) is 5.56 Å². The van der Waals surface area contributed by atoms with Gasteiger partial charge in [0.2, 0.25) is 0 Å². The summed E-state index contributed by atoms with van der Waals surface area (Å²) in [5, 5.41) is 0. The molecule has 0 spiro atoms. The number of halogens is 1. The lowest BCUT2D eigenvalue weighted by molar-refractivity contribution is 0.0520. The number of hydrogen-bond donors (Lipinski definition) is 0. The average Bonchev–Trinajstić information content (AvgIpc) is 2.46. The second-order valence-electron chi connectivity index (χ2n) is 5.74. The number of amides is 1. The number of carbonyl (C=O) groups is 1. The van der Waals surface area contributed by atoms with Gasteiger partial charge in [0.15, 0.2) is 0 Å². The predicted octanol–water partition coefficient (Wildman–Crippen LogP) is 3.50. The van der Waals surface area contributed by atoms with Crippen LogP contribution in [0, 0.1) is 11.8 Å². The molecule has 1 amide bonds. The van der Waals surface area contributed by atoms with Crippen molar-refractivity contribution < 1.29 is 4.79 Å². The molecule has 2 atom stereocenters. The molecule has 4 heteroatoms. The maximum atomic E-state index is 12.5. The Hall–Kier alpha value is -0.900. The lowest BCUT2D eigenvalue weighted by Crippen LogP contribution is -2.44. The van der Waals surface area contributed by atoms with Gasteiger partial charge in [0.25, 0.3) is 5.91 Å². The number of rotatable bonds is 1. The van der Waals surface area contributed by atoms with E-state index in [9.17, 15) is 4.79 Å². The third-order valence-corrected chi connectivity index (χ3v) is 4.96. The fraction of sp³-hybridized carbons (Fsp3) is 0.600. The second-order valence-corrected chi connectivity index (χ2v) is 6.65. The molecule has 2 fully saturated rings. The largest absolute Gasteiger partial charge is 0.338 e. The Morgan fingerprint density at radius 1 is 1.21 bits per heavy atom. The van der Waals surface area contributed by atoms with Gasteiger partial charge in [0.1, 0.15) is 0 Å². The summed E-state index contributed by atoms with van der Waals surface area (Å²) in [6.45, 7) is 1.85. The van der Waals surface area contributed by atoms with Crippen molar-refractivity contribution in [1.82, 2.24) is 9.88 Å². The van der Waals surface area contributed by atoms with Crippen LogP contribution in [0.3, 0.4) is 0 Å². The maximum Gasteiger partial charge on any atom is 0.255 e. The molecule has 2 aliphatic rings. The van der Waals surface area contributed by atoms with Gasteiger partial charge in [-0.3, -0.25) is 9.78 Å².